The van der Waals surface area contributed by atoms with Crippen LogP contribution < -0.4 is 0 Å². The number of hydrogen-bond acceptors (Lipinski definition) is 2. The number of ether oxygens (including phenoxy) is 1. The normalized spacial score (nSPS) is 11.7. The number of esters is 1. The lowest BCUT2D eigenvalue weighted by atomic mass is 10.0. The third kappa shape index (κ3) is 18.5. The molecule has 0 aliphatic carbocycles. The average Bonchev–Trinajstić information content (AvgIpc) is 2.56. The molecule has 0 rings (SSSR count). The number of alkyl halides is 1. The summed E-state index contributed by atoms with van der Waals surface area (Å²) >= 11 is 3.32. The monoisotopic (exact) mass is 418 g/mol. The molecule has 0 aromatic carbocycles. The van der Waals surface area contributed by atoms with E-state index in [1.165, 1.54) is 96.3 Å². The Hall–Kier alpha value is -0.0500. The largest absolute Gasteiger partial charge is 0.465 e. The first-order valence-corrected chi connectivity index (χ1v) is 11.6. The van der Waals surface area contributed by atoms with Crippen molar-refractivity contribution in [2.45, 2.75) is 128 Å². The molecule has 0 aromatic rings. The summed E-state index contributed by atoms with van der Waals surface area (Å²) in [6, 6.07) is 0. The smallest absolute Gasteiger partial charge is 0.322 e. The summed E-state index contributed by atoms with van der Waals surface area (Å²) in [5.74, 6) is -0.159. The molecule has 3 heteroatoms. The molecule has 0 bridgehead atoms. The lowest BCUT2D eigenvalue weighted by Gasteiger charge is -2.14. The van der Waals surface area contributed by atoms with Gasteiger partial charge in [-0.25, -0.2) is 0 Å². The molecule has 0 aliphatic rings. The van der Waals surface area contributed by atoms with Gasteiger partial charge in [-0.1, -0.05) is 119 Å². The highest BCUT2D eigenvalue weighted by Gasteiger charge is 2.24. The molecule has 0 aromatic heterocycles. The summed E-state index contributed by atoms with van der Waals surface area (Å²) in [7, 11) is 0. The molecular weight excluding hydrogens is 376 g/mol. The topological polar surface area (TPSA) is 26.3 Å². The molecule has 0 saturated carbocycles. The maximum absolute atomic E-state index is 11.6. The van der Waals surface area contributed by atoms with Gasteiger partial charge >= 0.3 is 5.97 Å². The predicted octanol–water partition coefficient (Wildman–Crippen LogP) is 7.96. The average molecular weight is 419 g/mol. The van der Waals surface area contributed by atoms with Crippen molar-refractivity contribution in [1.82, 2.24) is 0 Å². The minimum absolute atomic E-state index is 0.159. The number of halogens is 1. The lowest BCUT2D eigenvalue weighted by Crippen LogP contribution is -2.26. The minimum Gasteiger partial charge on any atom is -0.465 e. The van der Waals surface area contributed by atoms with E-state index in [0.29, 0.717) is 6.61 Å². The Labute approximate surface area is 166 Å². The van der Waals surface area contributed by atoms with E-state index in [1.807, 2.05) is 13.8 Å². The van der Waals surface area contributed by atoms with Crippen LogP contribution in [-0.2, 0) is 9.53 Å². The van der Waals surface area contributed by atoms with Crippen molar-refractivity contribution >= 4 is 21.9 Å². The fourth-order valence-corrected chi connectivity index (χ4v) is 3.10. The van der Waals surface area contributed by atoms with E-state index in [4.69, 9.17) is 4.74 Å². The van der Waals surface area contributed by atoms with E-state index < -0.39 is 4.32 Å². The molecule has 0 heterocycles. The van der Waals surface area contributed by atoms with Crippen LogP contribution in [0.4, 0.5) is 0 Å². The van der Waals surface area contributed by atoms with E-state index in [2.05, 4.69) is 22.9 Å². The van der Waals surface area contributed by atoms with Crippen LogP contribution in [0.15, 0.2) is 0 Å². The van der Waals surface area contributed by atoms with E-state index in [0.717, 1.165) is 6.42 Å². The molecule has 0 atom stereocenters. The predicted molar refractivity (Wildman–Crippen MR) is 114 cm³/mol. The van der Waals surface area contributed by atoms with Crippen molar-refractivity contribution in [2.75, 3.05) is 6.61 Å². The van der Waals surface area contributed by atoms with Crippen LogP contribution in [0.25, 0.3) is 0 Å². The number of rotatable bonds is 18. The maximum atomic E-state index is 11.6. The van der Waals surface area contributed by atoms with E-state index >= 15 is 0 Å². The van der Waals surface area contributed by atoms with Crippen molar-refractivity contribution in [3.63, 3.8) is 0 Å². The van der Waals surface area contributed by atoms with Gasteiger partial charge in [-0.2, -0.15) is 0 Å². The van der Waals surface area contributed by atoms with Gasteiger partial charge in [-0.05, 0) is 20.3 Å². The van der Waals surface area contributed by atoms with Crippen LogP contribution in [0.2, 0.25) is 0 Å². The van der Waals surface area contributed by atoms with Crippen LogP contribution in [0.1, 0.15) is 124 Å². The number of carbonyl (C=O) groups is 1. The Bertz CT molecular complexity index is 297. The first-order chi connectivity index (χ1) is 12.0. The lowest BCUT2D eigenvalue weighted by molar-refractivity contribution is -0.145. The van der Waals surface area contributed by atoms with Crippen LogP contribution in [0.5, 0.6) is 0 Å². The molecule has 0 fully saturated rings. The van der Waals surface area contributed by atoms with Gasteiger partial charge in [0, 0.05) is 0 Å². The summed E-state index contributed by atoms with van der Waals surface area (Å²) in [6.45, 7) is 6.49. The highest BCUT2D eigenvalue weighted by Crippen LogP contribution is 2.18. The Morgan fingerprint density at radius 1 is 0.680 bits per heavy atom. The van der Waals surface area contributed by atoms with Crippen molar-refractivity contribution in [3.05, 3.63) is 0 Å². The zero-order valence-corrected chi connectivity index (χ0v) is 18.8. The summed E-state index contributed by atoms with van der Waals surface area (Å²) in [4.78, 5) is 11.6. The van der Waals surface area contributed by atoms with Crippen LogP contribution in [-0.4, -0.2) is 16.9 Å². The molecule has 0 radical (unpaired) electrons. The summed E-state index contributed by atoms with van der Waals surface area (Å²) < 4.78 is 4.69. The molecule has 25 heavy (non-hydrogen) atoms. The fraction of sp³-hybridized carbons (Fsp3) is 0.955. The maximum Gasteiger partial charge on any atom is 0.322 e. The summed E-state index contributed by atoms with van der Waals surface area (Å²) in [6.07, 6.45) is 21.8. The van der Waals surface area contributed by atoms with Crippen molar-refractivity contribution < 1.29 is 9.53 Å². The van der Waals surface area contributed by atoms with Crippen molar-refractivity contribution in [1.29, 1.82) is 0 Å². The first kappa shape index (κ1) is 24.9. The van der Waals surface area contributed by atoms with Gasteiger partial charge in [0.05, 0.1) is 6.61 Å². The molecular formula is C22H43BrO2. The zero-order valence-electron chi connectivity index (χ0n) is 17.2. The Kier molecular flexibility index (Phi) is 17.3. The number of carbonyl (C=O) groups excluding carboxylic acids is 1. The van der Waals surface area contributed by atoms with E-state index in [-0.39, 0.29) is 5.97 Å². The second-order valence-electron chi connectivity index (χ2n) is 7.91. The van der Waals surface area contributed by atoms with Crippen molar-refractivity contribution in [2.24, 2.45) is 0 Å². The molecule has 0 N–H and O–H groups in total. The van der Waals surface area contributed by atoms with Crippen LogP contribution in [0, 0.1) is 0 Å². The molecule has 150 valence electrons. The second-order valence-corrected chi connectivity index (χ2v) is 9.89. The van der Waals surface area contributed by atoms with Gasteiger partial charge in [0.2, 0.25) is 0 Å². The quantitative estimate of drug-likeness (QED) is 0.128. The van der Waals surface area contributed by atoms with Gasteiger partial charge in [0.25, 0.3) is 0 Å². The SMILES string of the molecule is CCCCCCCCCCCCCCCCCCOC(=O)C(C)(C)Br. The molecule has 0 amide bonds. The Balaban J connectivity index is 3.11. The number of hydrogen-bond donors (Lipinski definition) is 0. The zero-order chi connectivity index (χ0) is 18.8. The number of unbranched alkanes of at least 4 members (excludes halogenated alkanes) is 15. The summed E-state index contributed by atoms with van der Waals surface area (Å²) in [5.41, 5.74) is 0. The van der Waals surface area contributed by atoms with E-state index in [9.17, 15) is 4.79 Å². The first-order valence-electron chi connectivity index (χ1n) is 10.8. The highest BCUT2D eigenvalue weighted by atomic mass is 79.9. The fourth-order valence-electron chi connectivity index (χ4n) is 2.99. The molecule has 2 nitrogen and oxygen atoms in total. The second kappa shape index (κ2) is 17.4. The van der Waals surface area contributed by atoms with Crippen LogP contribution >= 0.6 is 15.9 Å². The molecule has 0 spiro atoms. The minimum atomic E-state index is -0.554. The van der Waals surface area contributed by atoms with E-state index in [1.54, 1.807) is 0 Å². The van der Waals surface area contributed by atoms with Gasteiger partial charge in [0.15, 0.2) is 0 Å². The molecule has 0 unspecified atom stereocenters. The summed E-state index contributed by atoms with van der Waals surface area (Å²) in [5, 5.41) is 0. The van der Waals surface area contributed by atoms with Crippen LogP contribution in [0.3, 0.4) is 0 Å². The third-order valence-corrected chi connectivity index (χ3v) is 5.04. The third-order valence-electron chi connectivity index (χ3n) is 4.72. The van der Waals surface area contributed by atoms with Gasteiger partial charge in [0.1, 0.15) is 4.32 Å². The standard InChI is InChI=1S/C22H43BrO2/c1-4-5-6-7-8-9-10-11-12-13-14-15-16-17-18-19-20-25-21(24)22(2,3)23/h4-20H2,1-3H3. The van der Waals surface area contributed by atoms with Gasteiger partial charge in [-0.3, -0.25) is 4.79 Å². The van der Waals surface area contributed by atoms with Crippen molar-refractivity contribution in [3.8, 4) is 0 Å². The molecule has 0 aliphatic heterocycles. The van der Waals surface area contributed by atoms with Gasteiger partial charge < -0.3 is 4.74 Å². The Morgan fingerprint density at radius 3 is 1.32 bits per heavy atom. The molecule has 0 saturated heterocycles. The Morgan fingerprint density at radius 2 is 1.00 bits per heavy atom. The highest BCUT2D eigenvalue weighted by molar-refractivity contribution is 9.10. The van der Waals surface area contributed by atoms with Gasteiger partial charge in [-0.15, -0.1) is 0 Å².